The SMILES string of the molecule is Cc1ccc(C(=O)O)c(C)c1Nc1ccc(F)cc1NC(=O)[C@H]1CCCO1. The zero-order chi connectivity index (χ0) is 19.6. The van der Waals surface area contributed by atoms with Crippen LogP contribution in [0, 0.1) is 19.7 Å². The Kier molecular flexibility index (Phi) is 5.41. The summed E-state index contributed by atoms with van der Waals surface area (Å²) in [6, 6.07) is 7.25. The average molecular weight is 372 g/mol. The molecule has 2 aromatic rings. The predicted molar refractivity (Wildman–Crippen MR) is 100 cm³/mol. The van der Waals surface area contributed by atoms with Gasteiger partial charge in [-0.3, -0.25) is 4.79 Å². The molecule has 27 heavy (non-hydrogen) atoms. The summed E-state index contributed by atoms with van der Waals surface area (Å²) in [5.74, 6) is -1.84. The minimum Gasteiger partial charge on any atom is -0.478 e. The Labute approximate surface area is 156 Å². The van der Waals surface area contributed by atoms with E-state index < -0.39 is 17.9 Å². The highest BCUT2D eigenvalue weighted by atomic mass is 19.1. The molecule has 142 valence electrons. The number of benzene rings is 2. The molecule has 2 aromatic carbocycles. The zero-order valence-electron chi connectivity index (χ0n) is 15.1. The van der Waals surface area contributed by atoms with Gasteiger partial charge in [-0.1, -0.05) is 6.07 Å². The maximum atomic E-state index is 13.8. The first-order valence-corrected chi connectivity index (χ1v) is 8.69. The average Bonchev–Trinajstić information content (AvgIpc) is 3.14. The van der Waals surface area contributed by atoms with Gasteiger partial charge in [-0.05, 0) is 62.1 Å². The van der Waals surface area contributed by atoms with Gasteiger partial charge in [-0.15, -0.1) is 0 Å². The lowest BCUT2D eigenvalue weighted by molar-refractivity contribution is -0.124. The number of nitrogens with one attached hydrogen (secondary N) is 2. The maximum Gasteiger partial charge on any atom is 0.336 e. The molecule has 1 fully saturated rings. The Bertz CT molecular complexity index is 892. The standard InChI is InChI=1S/C20H21FN2O4/c1-11-5-7-14(20(25)26)12(2)18(11)22-15-8-6-13(21)10-16(15)23-19(24)17-4-3-9-27-17/h5-8,10,17,22H,3-4,9H2,1-2H3,(H,23,24)(H,25,26)/t17-/m1/s1. The van der Waals surface area contributed by atoms with Gasteiger partial charge in [0.15, 0.2) is 0 Å². The summed E-state index contributed by atoms with van der Waals surface area (Å²) in [6.07, 6.45) is 0.898. The molecular weight excluding hydrogens is 351 g/mol. The van der Waals surface area contributed by atoms with E-state index in [1.807, 2.05) is 6.92 Å². The van der Waals surface area contributed by atoms with Crippen molar-refractivity contribution in [1.29, 1.82) is 0 Å². The molecule has 0 unspecified atom stereocenters. The fourth-order valence-corrected chi connectivity index (χ4v) is 3.13. The van der Waals surface area contributed by atoms with Gasteiger partial charge in [0, 0.05) is 12.3 Å². The normalized spacial score (nSPS) is 16.2. The lowest BCUT2D eigenvalue weighted by Gasteiger charge is -2.18. The van der Waals surface area contributed by atoms with Crippen LogP contribution in [0.3, 0.4) is 0 Å². The van der Waals surface area contributed by atoms with Crippen molar-refractivity contribution in [2.24, 2.45) is 0 Å². The van der Waals surface area contributed by atoms with Crippen LogP contribution in [0.25, 0.3) is 0 Å². The largest absolute Gasteiger partial charge is 0.478 e. The number of carbonyl (C=O) groups is 2. The van der Waals surface area contributed by atoms with Crippen LogP contribution in [0.2, 0.25) is 0 Å². The smallest absolute Gasteiger partial charge is 0.336 e. The molecule has 1 atom stereocenters. The molecule has 3 N–H and O–H groups in total. The van der Waals surface area contributed by atoms with Crippen molar-refractivity contribution in [3.8, 4) is 0 Å². The first kappa shape index (κ1) is 18.8. The molecule has 6 nitrogen and oxygen atoms in total. The van der Waals surface area contributed by atoms with Crippen molar-refractivity contribution < 1.29 is 23.8 Å². The maximum absolute atomic E-state index is 13.8. The van der Waals surface area contributed by atoms with Crippen molar-refractivity contribution in [1.82, 2.24) is 0 Å². The zero-order valence-corrected chi connectivity index (χ0v) is 15.1. The van der Waals surface area contributed by atoms with E-state index in [0.29, 0.717) is 30.0 Å². The molecule has 0 saturated carbocycles. The number of carbonyl (C=O) groups excluding carboxylic acids is 1. The van der Waals surface area contributed by atoms with Crippen molar-refractivity contribution in [3.63, 3.8) is 0 Å². The van der Waals surface area contributed by atoms with Crippen molar-refractivity contribution in [2.45, 2.75) is 32.8 Å². The number of rotatable bonds is 5. The highest BCUT2D eigenvalue weighted by Gasteiger charge is 2.24. The highest BCUT2D eigenvalue weighted by Crippen LogP contribution is 2.32. The second-order valence-corrected chi connectivity index (χ2v) is 6.54. The van der Waals surface area contributed by atoms with Crippen LogP contribution >= 0.6 is 0 Å². The Morgan fingerprint density at radius 3 is 2.63 bits per heavy atom. The second kappa shape index (κ2) is 7.75. The Hall–Kier alpha value is -2.93. The quantitative estimate of drug-likeness (QED) is 0.738. The number of halogens is 1. The van der Waals surface area contributed by atoms with E-state index in [4.69, 9.17) is 4.74 Å². The Balaban J connectivity index is 1.93. The van der Waals surface area contributed by atoms with E-state index in [9.17, 15) is 19.1 Å². The lowest BCUT2D eigenvalue weighted by Crippen LogP contribution is -2.27. The van der Waals surface area contributed by atoms with Gasteiger partial charge in [-0.2, -0.15) is 0 Å². The number of aryl methyl sites for hydroxylation is 1. The molecule has 0 spiro atoms. The van der Waals surface area contributed by atoms with Crippen molar-refractivity contribution in [3.05, 3.63) is 52.8 Å². The number of aromatic carboxylic acids is 1. The second-order valence-electron chi connectivity index (χ2n) is 6.54. The number of carboxylic acids is 1. The molecule has 1 amide bonds. The summed E-state index contributed by atoms with van der Waals surface area (Å²) in [7, 11) is 0. The van der Waals surface area contributed by atoms with Crippen LogP contribution in [0.1, 0.15) is 34.3 Å². The Morgan fingerprint density at radius 2 is 1.96 bits per heavy atom. The summed E-state index contributed by atoms with van der Waals surface area (Å²) < 4.78 is 19.1. The van der Waals surface area contributed by atoms with Crippen LogP contribution in [0.15, 0.2) is 30.3 Å². The van der Waals surface area contributed by atoms with Gasteiger partial charge in [-0.25, -0.2) is 9.18 Å². The number of hydrogen-bond acceptors (Lipinski definition) is 4. The van der Waals surface area contributed by atoms with Crippen LogP contribution in [0.5, 0.6) is 0 Å². The number of ether oxygens (including phenoxy) is 1. The van der Waals surface area contributed by atoms with E-state index in [1.165, 1.54) is 18.2 Å². The minimum atomic E-state index is -1.03. The molecule has 7 heteroatoms. The number of anilines is 3. The predicted octanol–water partition coefficient (Wildman–Crippen LogP) is 4.00. The van der Waals surface area contributed by atoms with Crippen LogP contribution in [-0.4, -0.2) is 29.7 Å². The van der Waals surface area contributed by atoms with Crippen molar-refractivity contribution >= 4 is 28.9 Å². The van der Waals surface area contributed by atoms with E-state index in [-0.39, 0.29) is 17.2 Å². The van der Waals surface area contributed by atoms with Crippen LogP contribution in [-0.2, 0) is 9.53 Å². The fraction of sp³-hybridized carbons (Fsp3) is 0.300. The van der Waals surface area contributed by atoms with Crippen molar-refractivity contribution in [2.75, 3.05) is 17.2 Å². The van der Waals surface area contributed by atoms with Crippen LogP contribution < -0.4 is 10.6 Å². The molecule has 0 aliphatic carbocycles. The summed E-state index contributed by atoms with van der Waals surface area (Å²) >= 11 is 0. The topological polar surface area (TPSA) is 87.7 Å². The first-order valence-electron chi connectivity index (χ1n) is 8.69. The number of amides is 1. The molecule has 1 aliphatic heterocycles. The third-order valence-corrected chi connectivity index (χ3v) is 4.63. The van der Waals surface area contributed by atoms with Gasteiger partial charge in [0.1, 0.15) is 11.9 Å². The lowest BCUT2D eigenvalue weighted by atomic mass is 10.0. The van der Waals surface area contributed by atoms with Gasteiger partial charge in [0.25, 0.3) is 5.91 Å². The van der Waals surface area contributed by atoms with Gasteiger partial charge >= 0.3 is 5.97 Å². The van der Waals surface area contributed by atoms with E-state index in [2.05, 4.69) is 10.6 Å². The van der Waals surface area contributed by atoms with E-state index >= 15 is 0 Å². The molecule has 1 heterocycles. The van der Waals surface area contributed by atoms with E-state index in [1.54, 1.807) is 19.1 Å². The third kappa shape index (κ3) is 4.09. The molecular formula is C20H21FN2O4. The first-order chi connectivity index (χ1) is 12.9. The van der Waals surface area contributed by atoms with E-state index in [0.717, 1.165) is 12.0 Å². The third-order valence-electron chi connectivity index (χ3n) is 4.63. The number of carboxylic acid groups (broad SMARTS) is 1. The molecule has 0 bridgehead atoms. The Morgan fingerprint density at radius 1 is 1.19 bits per heavy atom. The minimum absolute atomic E-state index is 0.176. The van der Waals surface area contributed by atoms with Gasteiger partial charge < -0.3 is 20.5 Å². The molecule has 0 radical (unpaired) electrons. The monoisotopic (exact) mass is 372 g/mol. The van der Waals surface area contributed by atoms with Gasteiger partial charge in [0.05, 0.1) is 16.9 Å². The highest BCUT2D eigenvalue weighted by molar-refractivity contribution is 5.98. The summed E-state index contributed by atoms with van der Waals surface area (Å²) in [6.45, 7) is 4.08. The molecule has 0 aromatic heterocycles. The van der Waals surface area contributed by atoms with Gasteiger partial charge in [0.2, 0.25) is 0 Å². The summed E-state index contributed by atoms with van der Waals surface area (Å²) in [5, 5.41) is 15.2. The molecule has 3 rings (SSSR count). The number of hydrogen-bond donors (Lipinski definition) is 3. The summed E-state index contributed by atoms with van der Waals surface area (Å²) in [5.41, 5.74) is 2.91. The summed E-state index contributed by atoms with van der Waals surface area (Å²) in [4.78, 5) is 23.7. The molecule has 1 saturated heterocycles. The van der Waals surface area contributed by atoms with Crippen LogP contribution in [0.4, 0.5) is 21.5 Å². The molecule has 1 aliphatic rings. The fourth-order valence-electron chi connectivity index (χ4n) is 3.13.